The maximum absolute atomic E-state index is 11.8. The van der Waals surface area contributed by atoms with E-state index < -0.39 is 5.60 Å². The molecule has 1 fully saturated rings. The third-order valence-electron chi connectivity index (χ3n) is 5.28. The fourth-order valence-electron chi connectivity index (χ4n) is 3.01. The fraction of sp³-hybridized carbons (Fsp3) is 0.333. The van der Waals surface area contributed by atoms with Crippen LogP contribution in [0.25, 0.3) is 16.9 Å². The molecule has 0 radical (unpaired) electrons. The second kappa shape index (κ2) is 8.65. The zero-order valence-corrected chi connectivity index (χ0v) is 19.2. The van der Waals surface area contributed by atoms with Gasteiger partial charge in [-0.1, -0.05) is 35.3 Å². The number of rotatable bonds is 8. The summed E-state index contributed by atoms with van der Waals surface area (Å²) in [7, 11) is 0. The van der Waals surface area contributed by atoms with Crippen LogP contribution < -0.4 is 4.74 Å². The SMILES string of the molecule is CC(=O)C(C)(C)OCc1cc(-c2cccc(OC3CC3)c2)n(-c2ccc(Cl)cc2Cl)n1. The molecule has 7 heteroatoms. The van der Waals surface area contributed by atoms with Gasteiger partial charge in [-0.2, -0.15) is 5.10 Å². The van der Waals surface area contributed by atoms with Crippen LogP contribution in [0, 0.1) is 0 Å². The van der Waals surface area contributed by atoms with E-state index in [1.165, 1.54) is 6.92 Å². The highest BCUT2D eigenvalue weighted by molar-refractivity contribution is 6.35. The van der Waals surface area contributed by atoms with Crippen LogP contribution in [0.5, 0.6) is 5.75 Å². The lowest BCUT2D eigenvalue weighted by molar-refractivity contribution is -0.139. The first-order valence-electron chi connectivity index (χ1n) is 10.2. The van der Waals surface area contributed by atoms with Crippen molar-refractivity contribution < 1.29 is 14.3 Å². The van der Waals surface area contributed by atoms with Crippen LogP contribution >= 0.6 is 23.2 Å². The molecule has 1 aliphatic rings. The summed E-state index contributed by atoms with van der Waals surface area (Å²) in [6.07, 6.45) is 2.50. The summed E-state index contributed by atoms with van der Waals surface area (Å²) in [5, 5.41) is 5.76. The Hall–Kier alpha value is -2.34. The van der Waals surface area contributed by atoms with Crippen LogP contribution in [-0.2, 0) is 16.1 Å². The molecule has 1 saturated carbocycles. The van der Waals surface area contributed by atoms with Gasteiger partial charge in [-0.15, -0.1) is 0 Å². The highest BCUT2D eigenvalue weighted by Crippen LogP contribution is 2.33. The molecule has 5 nitrogen and oxygen atoms in total. The summed E-state index contributed by atoms with van der Waals surface area (Å²) in [4.78, 5) is 11.8. The van der Waals surface area contributed by atoms with E-state index >= 15 is 0 Å². The highest BCUT2D eigenvalue weighted by Gasteiger charge is 2.26. The summed E-state index contributed by atoms with van der Waals surface area (Å²) >= 11 is 12.6. The van der Waals surface area contributed by atoms with Crippen LogP contribution in [0.15, 0.2) is 48.5 Å². The van der Waals surface area contributed by atoms with Crippen molar-refractivity contribution in [3.05, 3.63) is 64.3 Å². The molecule has 31 heavy (non-hydrogen) atoms. The summed E-state index contributed by atoms with van der Waals surface area (Å²) < 4.78 is 13.6. The van der Waals surface area contributed by atoms with Crippen molar-refractivity contribution in [2.45, 2.75) is 51.9 Å². The molecular formula is C24H24Cl2N2O3. The van der Waals surface area contributed by atoms with Crippen molar-refractivity contribution in [2.24, 2.45) is 0 Å². The maximum atomic E-state index is 11.8. The molecule has 1 heterocycles. The van der Waals surface area contributed by atoms with E-state index in [9.17, 15) is 4.79 Å². The van der Waals surface area contributed by atoms with Crippen molar-refractivity contribution >= 4 is 29.0 Å². The molecule has 0 amide bonds. The smallest absolute Gasteiger partial charge is 0.161 e. The lowest BCUT2D eigenvalue weighted by Gasteiger charge is -2.21. The van der Waals surface area contributed by atoms with Gasteiger partial charge in [-0.3, -0.25) is 4.79 Å². The molecule has 162 valence electrons. The normalized spacial score (nSPS) is 14.0. The molecule has 2 aromatic carbocycles. The van der Waals surface area contributed by atoms with Gasteiger partial charge in [0.25, 0.3) is 0 Å². The Morgan fingerprint density at radius 3 is 2.61 bits per heavy atom. The van der Waals surface area contributed by atoms with Gasteiger partial charge in [0.2, 0.25) is 0 Å². The van der Waals surface area contributed by atoms with Crippen molar-refractivity contribution in [1.29, 1.82) is 0 Å². The predicted molar refractivity (Wildman–Crippen MR) is 122 cm³/mol. The first-order chi connectivity index (χ1) is 14.7. The Morgan fingerprint density at radius 2 is 1.94 bits per heavy atom. The minimum atomic E-state index is -0.889. The standard InChI is InChI=1S/C24H24Cl2N2O3/c1-15(29)24(2,3)30-14-18-13-23(16-5-4-6-20(11-16)31-19-8-9-19)28(27-18)22-10-7-17(25)12-21(22)26/h4-7,10-13,19H,8-9,14H2,1-3H3. The first-order valence-corrected chi connectivity index (χ1v) is 10.9. The van der Waals surface area contributed by atoms with Crippen LogP contribution in [0.4, 0.5) is 0 Å². The van der Waals surface area contributed by atoms with Gasteiger partial charge in [0.15, 0.2) is 5.78 Å². The molecule has 1 aliphatic carbocycles. The van der Waals surface area contributed by atoms with E-state index in [2.05, 4.69) is 0 Å². The van der Waals surface area contributed by atoms with Crippen molar-refractivity contribution in [1.82, 2.24) is 9.78 Å². The molecular weight excluding hydrogens is 435 g/mol. The van der Waals surface area contributed by atoms with Gasteiger partial charge >= 0.3 is 0 Å². The second-order valence-electron chi connectivity index (χ2n) is 8.23. The maximum Gasteiger partial charge on any atom is 0.161 e. The Bertz CT molecular complexity index is 1120. The molecule has 3 aromatic rings. The molecule has 0 spiro atoms. The van der Waals surface area contributed by atoms with E-state index in [-0.39, 0.29) is 12.4 Å². The van der Waals surface area contributed by atoms with Gasteiger partial charge < -0.3 is 9.47 Å². The Labute approximate surface area is 191 Å². The van der Waals surface area contributed by atoms with Crippen LogP contribution in [-0.4, -0.2) is 27.3 Å². The molecule has 0 aliphatic heterocycles. The van der Waals surface area contributed by atoms with Gasteiger partial charge in [0, 0.05) is 10.6 Å². The Kier molecular flexibility index (Phi) is 6.11. The molecule has 4 rings (SSSR count). The molecule has 0 unspecified atom stereocenters. The minimum Gasteiger partial charge on any atom is -0.490 e. The van der Waals surface area contributed by atoms with Gasteiger partial charge in [-0.05, 0) is 70.0 Å². The molecule has 0 saturated heterocycles. The summed E-state index contributed by atoms with van der Waals surface area (Å²) in [6, 6.07) is 15.1. The second-order valence-corrected chi connectivity index (χ2v) is 9.07. The number of ketones is 1. The number of benzene rings is 2. The number of aromatic nitrogens is 2. The number of carbonyl (C=O) groups is 1. The van der Waals surface area contributed by atoms with E-state index in [0.29, 0.717) is 27.5 Å². The fourth-order valence-corrected chi connectivity index (χ4v) is 3.49. The van der Waals surface area contributed by atoms with Crippen LogP contribution in [0.3, 0.4) is 0 Å². The minimum absolute atomic E-state index is 0.0437. The lowest BCUT2D eigenvalue weighted by atomic mass is 10.1. The average molecular weight is 459 g/mol. The first kappa shape index (κ1) is 21.9. The zero-order chi connectivity index (χ0) is 22.2. The average Bonchev–Trinajstić information content (AvgIpc) is 3.42. The van der Waals surface area contributed by atoms with E-state index in [1.807, 2.05) is 36.4 Å². The van der Waals surface area contributed by atoms with Gasteiger partial charge in [0.05, 0.1) is 34.8 Å². The number of carbonyl (C=O) groups excluding carboxylic acids is 1. The summed E-state index contributed by atoms with van der Waals surface area (Å²) in [5.74, 6) is 0.781. The van der Waals surface area contributed by atoms with Crippen molar-refractivity contribution in [3.63, 3.8) is 0 Å². The lowest BCUT2D eigenvalue weighted by Crippen LogP contribution is -2.32. The number of nitrogens with zero attached hydrogens (tertiary/aromatic N) is 2. The summed E-state index contributed by atoms with van der Waals surface area (Å²) in [5.41, 5.74) is 2.27. The van der Waals surface area contributed by atoms with Crippen molar-refractivity contribution in [3.8, 4) is 22.7 Å². The van der Waals surface area contributed by atoms with Crippen LogP contribution in [0.1, 0.15) is 39.3 Å². The molecule has 1 aromatic heterocycles. The van der Waals surface area contributed by atoms with E-state index in [1.54, 1.807) is 30.7 Å². The number of halogens is 2. The van der Waals surface area contributed by atoms with Crippen LogP contribution in [0.2, 0.25) is 10.0 Å². The van der Waals surface area contributed by atoms with E-state index in [4.69, 9.17) is 37.8 Å². The van der Waals surface area contributed by atoms with Gasteiger partial charge in [0.1, 0.15) is 11.4 Å². The predicted octanol–water partition coefficient (Wildman–Crippen LogP) is 6.27. The summed E-state index contributed by atoms with van der Waals surface area (Å²) in [6.45, 7) is 5.21. The highest BCUT2D eigenvalue weighted by atomic mass is 35.5. The Morgan fingerprint density at radius 1 is 1.16 bits per heavy atom. The van der Waals surface area contributed by atoms with E-state index in [0.717, 1.165) is 29.8 Å². The zero-order valence-electron chi connectivity index (χ0n) is 17.7. The largest absolute Gasteiger partial charge is 0.490 e. The molecule has 0 N–H and O–H groups in total. The third-order valence-corrected chi connectivity index (χ3v) is 5.82. The molecule has 0 atom stereocenters. The number of Topliss-reactive ketones (excluding diaryl/α,β-unsaturated/α-hetero) is 1. The molecule has 0 bridgehead atoms. The quantitative estimate of drug-likeness (QED) is 0.398. The monoisotopic (exact) mass is 458 g/mol. The number of hydrogen-bond donors (Lipinski definition) is 0. The number of ether oxygens (including phenoxy) is 2. The third kappa shape index (κ3) is 5.12. The van der Waals surface area contributed by atoms with Crippen molar-refractivity contribution in [2.75, 3.05) is 0 Å². The van der Waals surface area contributed by atoms with Gasteiger partial charge in [-0.25, -0.2) is 4.68 Å². The number of hydrogen-bond acceptors (Lipinski definition) is 4. The Balaban J connectivity index is 1.73. The topological polar surface area (TPSA) is 53.4 Å².